The number of rotatable bonds is 4. The minimum Gasteiger partial charge on any atom is -0.465 e. The number of hydrogen-bond acceptors (Lipinski definition) is 3. The van der Waals surface area contributed by atoms with Gasteiger partial charge in [-0.15, -0.1) is 0 Å². The fourth-order valence-electron chi connectivity index (χ4n) is 1.41. The van der Waals surface area contributed by atoms with Crippen molar-refractivity contribution in [1.29, 1.82) is 0 Å². The van der Waals surface area contributed by atoms with Crippen LogP contribution in [-0.2, 0) is 9.53 Å². The van der Waals surface area contributed by atoms with Crippen molar-refractivity contribution in [3.8, 4) is 0 Å². The maximum Gasteiger partial charge on any atom is 0.323 e. The summed E-state index contributed by atoms with van der Waals surface area (Å²) in [5, 5.41) is 0. The zero-order valence-electron chi connectivity index (χ0n) is 9.14. The van der Waals surface area contributed by atoms with Crippen molar-refractivity contribution >= 4 is 5.97 Å². The molecule has 0 fully saturated rings. The molecule has 0 aliphatic heterocycles. The molecule has 1 aromatic rings. The highest BCUT2D eigenvalue weighted by atomic mass is 16.5. The van der Waals surface area contributed by atoms with Crippen molar-refractivity contribution in [3.63, 3.8) is 0 Å². The van der Waals surface area contributed by atoms with Crippen LogP contribution in [0.1, 0.15) is 25.3 Å². The molecule has 0 amide bonds. The predicted octanol–water partition coefficient (Wildman–Crippen LogP) is 1.68. The molecule has 0 bridgehead atoms. The van der Waals surface area contributed by atoms with Crippen molar-refractivity contribution < 1.29 is 9.53 Å². The normalized spacial score (nSPS) is 14.3. The minimum atomic E-state index is -0.590. The fraction of sp³-hybridized carbons (Fsp3) is 0.417. The van der Waals surface area contributed by atoms with Crippen LogP contribution in [0.25, 0.3) is 0 Å². The Morgan fingerprint density at radius 3 is 2.53 bits per heavy atom. The van der Waals surface area contributed by atoms with Crippen LogP contribution in [0.3, 0.4) is 0 Å². The second-order valence-electron chi connectivity index (χ2n) is 3.48. The van der Waals surface area contributed by atoms with Crippen molar-refractivity contribution in [2.75, 3.05) is 6.61 Å². The molecule has 2 atom stereocenters. The number of nitrogens with two attached hydrogens (primary N) is 1. The number of ether oxygens (including phenoxy) is 1. The lowest BCUT2D eigenvalue weighted by Crippen LogP contribution is -2.37. The van der Waals surface area contributed by atoms with E-state index < -0.39 is 6.04 Å². The van der Waals surface area contributed by atoms with E-state index >= 15 is 0 Å². The molecule has 15 heavy (non-hydrogen) atoms. The zero-order valence-corrected chi connectivity index (χ0v) is 9.14. The maximum absolute atomic E-state index is 11.4. The Morgan fingerprint density at radius 2 is 2.00 bits per heavy atom. The van der Waals surface area contributed by atoms with Crippen LogP contribution >= 0.6 is 0 Å². The Morgan fingerprint density at radius 1 is 1.40 bits per heavy atom. The van der Waals surface area contributed by atoms with Gasteiger partial charge < -0.3 is 10.5 Å². The summed E-state index contributed by atoms with van der Waals surface area (Å²) in [4.78, 5) is 11.4. The lowest BCUT2D eigenvalue weighted by Gasteiger charge is -2.18. The third-order valence-electron chi connectivity index (χ3n) is 2.42. The molecule has 0 aliphatic rings. The number of carbonyl (C=O) groups excluding carboxylic acids is 1. The molecule has 0 saturated heterocycles. The number of benzene rings is 1. The average molecular weight is 207 g/mol. The molecule has 0 heterocycles. The Labute approximate surface area is 90.2 Å². The molecule has 3 nitrogen and oxygen atoms in total. The highest BCUT2D eigenvalue weighted by Crippen LogP contribution is 2.18. The molecule has 3 heteroatoms. The van der Waals surface area contributed by atoms with Gasteiger partial charge in [-0.3, -0.25) is 4.79 Å². The summed E-state index contributed by atoms with van der Waals surface area (Å²) in [5.74, 6) is -0.362. The van der Waals surface area contributed by atoms with Gasteiger partial charge in [0.05, 0.1) is 6.61 Å². The van der Waals surface area contributed by atoms with Gasteiger partial charge in [0.15, 0.2) is 0 Å². The van der Waals surface area contributed by atoms with E-state index in [4.69, 9.17) is 10.5 Å². The van der Waals surface area contributed by atoms with Crippen molar-refractivity contribution in [1.82, 2.24) is 0 Å². The zero-order chi connectivity index (χ0) is 11.3. The maximum atomic E-state index is 11.4. The first kappa shape index (κ1) is 11.7. The first-order chi connectivity index (χ1) is 7.16. The van der Waals surface area contributed by atoms with Gasteiger partial charge in [-0.05, 0) is 12.5 Å². The van der Waals surface area contributed by atoms with E-state index in [-0.39, 0.29) is 11.9 Å². The molecule has 1 aromatic carbocycles. The highest BCUT2D eigenvalue weighted by molar-refractivity contribution is 5.76. The predicted molar refractivity (Wildman–Crippen MR) is 59.5 cm³/mol. The monoisotopic (exact) mass is 207 g/mol. The Bertz CT molecular complexity index is 311. The lowest BCUT2D eigenvalue weighted by molar-refractivity contribution is -0.145. The van der Waals surface area contributed by atoms with E-state index in [0.717, 1.165) is 5.56 Å². The van der Waals surface area contributed by atoms with Crippen molar-refractivity contribution in [2.45, 2.75) is 25.8 Å². The summed E-state index contributed by atoms with van der Waals surface area (Å²) in [7, 11) is 0. The standard InChI is InChI=1S/C12H17NO2/c1-3-15-12(14)11(13)9(2)10-7-5-4-6-8-10/h4-9,11H,3,13H2,1-2H3/t9-,11-/m0/s1. The van der Waals surface area contributed by atoms with Crippen molar-refractivity contribution in [3.05, 3.63) is 35.9 Å². The number of hydrogen-bond donors (Lipinski definition) is 1. The van der Waals surface area contributed by atoms with Gasteiger partial charge >= 0.3 is 5.97 Å². The van der Waals surface area contributed by atoms with Gasteiger partial charge in [0, 0.05) is 5.92 Å². The molecule has 0 aromatic heterocycles. The van der Waals surface area contributed by atoms with E-state index in [1.165, 1.54) is 0 Å². The van der Waals surface area contributed by atoms with Crippen LogP contribution < -0.4 is 5.73 Å². The first-order valence-corrected chi connectivity index (χ1v) is 5.14. The number of esters is 1. The molecule has 0 unspecified atom stereocenters. The summed E-state index contributed by atoms with van der Waals surface area (Å²) in [5.41, 5.74) is 6.86. The molecule has 82 valence electrons. The van der Waals surface area contributed by atoms with Crippen LogP contribution in [0.5, 0.6) is 0 Å². The molecule has 0 aliphatic carbocycles. The van der Waals surface area contributed by atoms with Crippen LogP contribution in [0.2, 0.25) is 0 Å². The quantitative estimate of drug-likeness (QED) is 0.764. The first-order valence-electron chi connectivity index (χ1n) is 5.14. The van der Waals surface area contributed by atoms with Crippen LogP contribution in [-0.4, -0.2) is 18.6 Å². The Kier molecular flexibility index (Phi) is 4.31. The van der Waals surface area contributed by atoms with Gasteiger partial charge in [0.25, 0.3) is 0 Å². The summed E-state index contributed by atoms with van der Waals surface area (Å²) in [6.45, 7) is 4.07. The number of carbonyl (C=O) groups is 1. The summed E-state index contributed by atoms with van der Waals surface area (Å²) < 4.78 is 4.88. The third-order valence-corrected chi connectivity index (χ3v) is 2.42. The molecule has 2 N–H and O–H groups in total. The van der Waals surface area contributed by atoms with Crippen LogP contribution in [0.15, 0.2) is 30.3 Å². The van der Waals surface area contributed by atoms with E-state index in [9.17, 15) is 4.79 Å². The molecule has 0 saturated carbocycles. The fourth-order valence-corrected chi connectivity index (χ4v) is 1.41. The molecule has 1 rings (SSSR count). The minimum absolute atomic E-state index is 0.0229. The van der Waals surface area contributed by atoms with Gasteiger partial charge in [0.1, 0.15) is 6.04 Å². The SMILES string of the molecule is CCOC(=O)[C@@H](N)[C@@H](C)c1ccccc1. The van der Waals surface area contributed by atoms with Crippen LogP contribution in [0.4, 0.5) is 0 Å². The van der Waals surface area contributed by atoms with E-state index in [2.05, 4.69) is 0 Å². The van der Waals surface area contributed by atoms with Gasteiger partial charge in [-0.1, -0.05) is 37.3 Å². The largest absolute Gasteiger partial charge is 0.465 e. The van der Waals surface area contributed by atoms with Gasteiger partial charge in [0.2, 0.25) is 0 Å². The summed E-state index contributed by atoms with van der Waals surface area (Å²) >= 11 is 0. The van der Waals surface area contributed by atoms with Crippen molar-refractivity contribution in [2.24, 2.45) is 5.73 Å². The van der Waals surface area contributed by atoms with E-state index in [1.54, 1.807) is 6.92 Å². The van der Waals surface area contributed by atoms with E-state index in [1.807, 2.05) is 37.3 Å². The summed E-state index contributed by atoms with van der Waals surface area (Å²) in [6.07, 6.45) is 0. The highest BCUT2D eigenvalue weighted by Gasteiger charge is 2.22. The smallest absolute Gasteiger partial charge is 0.323 e. The Hall–Kier alpha value is -1.35. The Balaban J connectivity index is 2.68. The van der Waals surface area contributed by atoms with Gasteiger partial charge in [-0.2, -0.15) is 0 Å². The lowest BCUT2D eigenvalue weighted by atomic mass is 9.94. The third kappa shape index (κ3) is 3.06. The molecular formula is C12H17NO2. The molecular weight excluding hydrogens is 190 g/mol. The summed E-state index contributed by atoms with van der Waals surface area (Å²) in [6, 6.07) is 9.14. The topological polar surface area (TPSA) is 52.3 Å². The van der Waals surface area contributed by atoms with Crippen LogP contribution in [0, 0.1) is 0 Å². The van der Waals surface area contributed by atoms with E-state index in [0.29, 0.717) is 6.61 Å². The second-order valence-corrected chi connectivity index (χ2v) is 3.48. The van der Waals surface area contributed by atoms with Gasteiger partial charge in [-0.25, -0.2) is 0 Å². The second kappa shape index (κ2) is 5.51. The molecule has 0 radical (unpaired) electrons. The molecule has 0 spiro atoms. The average Bonchev–Trinajstić information content (AvgIpc) is 2.28.